The first-order chi connectivity index (χ1) is 36.7. The molecule has 0 aliphatic carbocycles. The average Bonchev–Trinajstić information content (AvgIpc) is 4.11. The highest BCUT2D eigenvalue weighted by Gasteiger charge is 2.46. The van der Waals surface area contributed by atoms with Crippen LogP contribution in [0.1, 0.15) is 11.1 Å². The van der Waals surface area contributed by atoms with Gasteiger partial charge in [0.2, 0.25) is 0 Å². The van der Waals surface area contributed by atoms with E-state index in [0.717, 1.165) is 116 Å². The third-order valence-corrected chi connectivity index (χ3v) is 15.6. The van der Waals surface area contributed by atoms with Gasteiger partial charge in [0.25, 0.3) is 6.71 Å². The highest BCUT2D eigenvalue weighted by molar-refractivity contribution is 7.00. The maximum absolute atomic E-state index is 12.1. The number of hydrogen-bond donors (Lipinski definition) is 0. The first kappa shape index (κ1) is 41.6. The number of nitrogens with zero attached hydrogens (tertiary/aromatic N) is 5. The van der Waals surface area contributed by atoms with E-state index in [1.807, 2.05) is 18.2 Å². The number of rotatable bonds is 6. The number of benzene rings is 11. The third-order valence-electron chi connectivity index (χ3n) is 15.6. The summed E-state index contributed by atoms with van der Waals surface area (Å²) in [5.74, 6) is 0. The van der Waals surface area contributed by atoms with Gasteiger partial charge < -0.3 is 14.0 Å². The van der Waals surface area contributed by atoms with Gasteiger partial charge in [-0.3, -0.25) is 0 Å². The van der Waals surface area contributed by atoms with Crippen LogP contribution in [0.15, 0.2) is 243 Å². The summed E-state index contributed by atoms with van der Waals surface area (Å²) in [5, 5.41) is 28.5. The monoisotopic (exact) mass is 937 g/mol. The smallest absolute Gasteiger partial charge is 0.252 e. The maximum atomic E-state index is 12.1. The van der Waals surface area contributed by atoms with Crippen molar-refractivity contribution in [2.45, 2.75) is 0 Å². The van der Waals surface area contributed by atoms with Crippen molar-refractivity contribution in [3.63, 3.8) is 0 Å². The van der Waals surface area contributed by atoms with Crippen LogP contribution in [-0.2, 0) is 0 Å². The van der Waals surface area contributed by atoms with Crippen molar-refractivity contribution in [1.82, 2.24) is 9.13 Å². The number of fused-ring (bicyclic) bond motifs is 10. The van der Waals surface area contributed by atoms with Crippen LogP contribution in [0.5, 0.6) is 0 Å². The Morgan fingerprint density at radius 1 is 0.324 bits per heavy atom. The number of hydrogen-bond acceptors (Lipinski definition) is 3. The van der Waals surface area contributed by atoms with E-state index in [0.29, 0.717) is 16.8 Å². The SMILES string of the molecule is N#Cc1c2c3c(c(C#N)c1-n1c4ccc(-c5ccc(-c6ccccc6)cc5)cc4c4cc(-c5ccc(-c6ccccc6)cc5)ccc41)-n1c4ccccc4c4cccc(c41)B3c1ccccc1N2c1ccccc1. The minimum absolute atomic E-state index is 0.255. The molecule has 11 aromatic carbocycles. The predicted molar refractivity (Wildman–Crippen MR) is 306 cm³/mol. The van der Waals surface area contributed by atoms with E-state index in [2.05, 4.69) is 251 Å². The molecule has 0 bridgehead atoms. The first-order valence-corrected chi connectivity index (χ1v) is 25.1. The second kappa shape index (κ2) is 16.2. The molecule has 0 saturated carbocycles. The molecule has 0 spiro atoms. The van der Waals surface area contributed by atoms with Crippen LogP contribution < -0.4 is 21.3 Å². The molecule has 0 radical (unpaired) electrons. The van der Waals surface area contributed by atoms with Gasteiger partial charge in [-0.15, -0.1) is 0 Å². The zero-order chi connectivity index (χ0) is 49.0. The van der Waals surface area contributed by atoms with Crippen molar-refractivity contribution >= 4 is 83.8 Å². The predicted octanol–water partition coefficient (Wildman–Crippen LogP) is 14.9. The third kappa shape index (κ3) is 5.97. The Hall–Kier alpha value is -10.1. The molecule has 0 unspecified atom stereocenters. The van der Waals surface area contributed by atoms with Crippen molar-refractivity contribution in [3.8, 4) is 68.0 Å². The van der Waals surface area contributed by atoms with Gasteiger partial charge >= 0.3 is 0 Å². The Labute approximate surface area is 428 Å². The number of anilines is 3. The second-order valence-corrected chi connectivity index (χ2v) is 19.4. The van der Waals surface area contributed by atoms with Gasteiger partial charge in [0.15, 0.2) is 0 Å². The van der Waals surface area contributed by atoms with Crippen LogP contribution in [0.3, 0.4) is 0 Å². The number of nitriles is 2. The molecule has 0 amide bonds. The van der Waals surface area contributed by atoms with E-state index >= 15 is 0 Å². The molecule has 0 N–H and O–H groups in total. The van der Waals surface area contributed by atoms with E-state index in [-0.39, 0.29) is 6.71 Å². The Morgan fingerprint density at radius 3 is 1.36 bits per heavy atom. The van der Waals surface area contributed by atoms with Crippen LogP contribution in [0, 0.1) is 22.7 Å². The summed E-state index contributed by atoms with van der Waals surface area (Å²) in [7, 11) is 0. The van der Waals surface area contributed by atoms with Crippen molar-refractivity contribution in [1.29, 1.82) is 10.5 Å². The molecule has 13 aromatic rings. The number of aromatic nitrogens is 2. The van der Waals surface area contributed by atoms with Gasteiger partial charge in [-0.25, -0.2) is 0 Å². The van der Waals surface area contributed by atoms with E-state index in [1.54, 1.807) is 0 Å². The van der Waals surface area contributed by atoms with Gasteiger partial charge in [0, 0.05) is 38.4 Å². The molecule has 2 aromatic heterocycles. The Balaban J connectivity index is 1.05. The Bertz CT molecular complexity index is 4400. The van der Waals surface area contributed by atoms with E-state index in [4.69, 9.17) is 0 Å². The quantitative estimate of drug-likeness (QED) is 0.156. The molecule has 5 nitrogen and oxygen atoms in total. The average molecular weight is 938 g/mol. The highest BCUT2D eigenvalue weighted by Crippen LogP contribution is 2.48. The van der Waals surface area contributed by atoms with E-state index in [1.165, 1.54) is 11.1 Å². The minimum Gasteiger partial charge on any atom is -0.310 e. The molecule has 0 fully saturated rings. The second-order valence-electron chi connectivity index (χ2n) is 19.4. The van der Waals surface area contributed by atoms with Crippen molar-refractivity contribution < 1.29 is 0 Å². The van der Waals surface area contributed by atoms with Crippen molar-refractivity contribution in [2.75, 3.05) is 4.90 Å². The lowest BCUT2D eigenvalue weighted by molar-refractivity contribution is 1.10. The molecule has 74 heavy (non-hydrogen) atoms. The summed E-state index contributed by atoms with van der Waals surface area (Å²) < 4.78 is 4.54. The zero-order valence-electron chi connectivity index (χ0n) is 39.9. The molecular formula is C68H40BN5. The first-order valence-electron chi connectivity index (χ1n) is 25.1. The summed E-state index contributed by atoms with van der Waals surface area (Å²) in [6.07, 6.45) is 0. The summed E-state index contributed by atoms with van der Waals surface area (Å²) in [6.45, 7) is -0.255. The molecule has 15 rings (SSSR count). The lowest BCUT2D eigenvalue weighted by Crippen LogP contribution is -2.61. The van der Waals surface area contributed by atoms with Gasteiger partial charge in [0.1, 0.15) is 23.3 Å². The van der Waals surface area contributed by atoms with Gasteiger partial charge in [-0.05, 0) is 109 Å². The number of para-hydroxylation sites is 4. The van der Waals surface area contributed by atoms with Crippen LogP contribution in [0.25, 0.3) is 99.5 Å². The molecule has 340 valence electrons. The molecular weight excluding hydrogens is 898 g/mol. The topological polar surface area (TPSA) is 60.7 Å². The van der Waals surface area contributed by atoms with Crippen LogP contribution in [0.2, 0.25) is 0 Å². The summed E-state index contributed by atoms with van der Waals surface area (Å²) >= 11 is 0. The fourth-order valence-electron chi connectivity index (χ4n) is 12.4. The maximum Gasteiger partial charge on any atom is 0.252 e. The van der Waals surface area contributed by atoms with E-state index in [9.17, 15) is 10.5 Å². The zero-order valence-corrected chi connectivity index (χ0v) is 39.9. The molecule has 2 aliphatic heterocycles. The van der Waals surface area contributed by atoms with Crippen LogP contribution in [-0.4, -0.2) is 15.8 Å². The Morgan fingerprint density at radius 2 is 0.770 bits per heavy atom. The normalized spacial score (nSPS) is 12.2. The van der Waals surface area contributed by atoms with Gasteiger partial charge in [-0.2, -0.15) is 10.5 Å². The summed E-state index contributed by atoms with van der Waals surface area (Å²) in [6, 6.07) is 91.5. The largest absolute Gasteiger partial charge is 0.310 e. The van der Waals surface area contributed by atoms with Gasteiger partial charge in [-0.1, -0.05) is 194 Å². The molecule has 2 aliphatic rings. The fourth-order valence-corrected chi connectivity index (χ4v) is 12.4. The molecule has 6 heteroatoms. The lowest BCUT2D eigenvalue weighted by atomic mass is 9.33. The lowest BCUT2D eigenvalue weighted by Gasteiger charge is -2.41. The van der Waals surface area contributed by atoms with Crippen molar-refractivity contribution in [3.05, 3.63) is 254 Å². The van der Waals surface area contributed by atoms with E-state index < -0.39 is 0 Å². The standard InChI is InChI=1S/C68H40BN5/c70-41-56-65(57(42-71)68-64-67(56)72(51-19-8-3-9-20-51)63-26-13-11-23-58(63)69(64)59-24-14-22-53-52-21-10-12-25-60(52)74(68)66(53)59)73-61-37-35-49(47-31-27-45(28-32-47)43-15-4-1-5-16-43)39-54(61)55-40-50(36-38-62(55)73)48-33-29-46(30-34-48)44-17-6-2-7-18-44/h1-40H. The van der Waals surface area contributed by atoms with Crippen LogP contribution >= 0.6 is 0 Å². The fraction of sp³-hybridized carbons (Fsp3) is 0. The Kier molecular flexibility index (Phi) is 9.11. The summed E-state index contributed by atoms with van der Waals surface area (Å²) in [4.78, 5) is 2.27. The minimum atomic E-state index is -0.255. The highest BCUT2D eigenvalue weighted by atomic mass is 15.2. The molecule has 4 heterocycles. The molecule has 0 saturated heterocycles. The van der Waals surface area contributed by atoms with Gasteiger partial charge in [0.05, 0.1) is 33.6 Å². The summed E-state index contributed by atoms with van der Waals surface area (Å²) in [5.41, 5.74) is 21.1. The van der Waals surface area contributed by atoms with Crippen LogP contribution in [0.4, 0.5) is 17.1 Å². The molecule has 0 atom stereocenters. The van der Waals surface area contributed by atoms with Crippen molar-refractivity contribution in [2.24, 2.45) is 0 Å².